The van der Waals surface area contributed by atoms with Gasteiger partial charge >= 0.3 is 5.97 Å². The molecule has 20 heavy (non-hydrogen) atoms. The molecular formula is C14H23NO4S. The standard InChI is InChI=1S/C14H23NO4S/c1-6-10(13(16)18-7-2)11(19-14(4,5)17)12-9(3)15-8-20-12/h8,10-11,17H,6-7H2,1-5H3. The Bertz CT molecular complexity index is 439. The molecular weight excluding hydrogens is 278 g/mol. The summed E-state index contributed by atoms with van der Waals surface area (Å²) in [5.74, 6) is -2.10. The fourth-order valence-corrected chi connectivity index (χ4v) is 2.86. The number of esters is 1. The number of nitrogens with zero attached hydrogens (tertiary/aromatic N) is 1. The van der Waals surface area contributed by atoms with Crippen molar-refractivity contribution < 1.29 is 19.4 Å². The van der Waals surface area contributed by atoms with E-state index in [4.69, 9.17) is 9.47 Å². The Kier molecular flexibility index (Phi) is 6.10. The van der Waals surface area contributed by atoms with Crippen LogP contribution in [0.1, 0.15) is 50.8 Å². The number of thiazole rings is 1. The molecule has 1 heterocycles. The third kappa shape index (κ3) is 4.54. The normalized spacial score (nSPS) is 14.9. The molecule has 0 saturated carbocycles. The average Bonchev–Trinajstić information content (AvgIpc) is 2.74. The Balaban J connectivity index is 3.09. The summed E-state index contributed by atoms with van der Waals surface area (Å²) in [5.41, 5.74) is 2.52. The lowest BCUT2D eigenvalue weighted by Gasteiger charge is -2.30. The van der Waals surface area contributed by atoms with Crippen molar-refractivity contribution in [2.24, 2.45) is 5.92 Å². The van der Waals surface area contributed by atoms with Gasteiger partial charge in [-0.15, -0.1) is 11.3 Å². The molecule has 5 nitrogen and oxygen atoms in total. The number of aromatic nitrogens is 1. The number of aryl methyl sites for hydroxylation is 1. The maximum atomic E-state index is 12.1. The molecule has 0 aliphatic rings. The van der Waals surface area contributed by atoms with Gasteiger partial charge in [0.15, 0.2) is 5.79 Å². The van der Waals surface area contributed by atoms with Crippen molar-refractivity contribution in [2.45, 2.75) is 52.9 Å². The van der Waals surface area contributed by atoms with Crippen molar-refractivity contribution in [3.05, 3.63) is 16.1 Å². The van der Waals surface area contributed by atoms with Gasteiger partial charge in [-0.05, 0) is 34.1 Å². The highest BCUT2D eigenvalue weighted by Gasteiger charge is 2.36. The van der Waals surface area contributed by atoms with Gasteiger partial charge in [-0.1, -0.05) is 6.92 Å². The van der Waals surface area contributed by atoms with Crippen molar-refractivity contribution in [3.8, 4) is 0 Å². The molecule has 1 N–H and O–H groups in total. The Morgan fingerprint density at radius 1 is 1.50 bits per heavy atom. The van der Waals surface area contributed by atoms with Crippen LogP contribution in [0.2, 0.25) is 0 Å². The third-order valence-corrected chi connectivity index (χ3v) is 3.84. The van der Waals surface area contributed by atoms with Crippen molar-refractivity contribution in [1.29, 1.82) is 0 Å². The van der Waals surface area contributed by atoms with Crippen LogP contribution in [0.3, 0.4) is 0 Å². The van der Waals surface area contributed by atoms with Crippen molar-refractivity contribution >= 4 is 17.3 Å². The van der Waals surface area contributed by atoms with Crippen molar-refractivity contribution in [2.75, 3.05) is 6.61 Å². The zero-order valence-electron chi connectivity index (χ0n) is 12.7. The number of carbonyl (C=O) groups is 1. The lowest BCUT2D eigenvalue weighted by atomic mass is 9.97. The minimum Gasteiger partial charge on any atom is -0.466 e. The van der Waals surface area contributed by atoms with Crippen molar-refractivity contribution in [1.82, 2.24) is 4.98 Å². The SMILES string of the molecule is CCOC(=O)C(CC)C(OC(C)(C)O)c1scnc1C. The first-order chi connectivity index (χ1) is 9.30. The Morgan fingerprint density at radius 2 is 2.15 bits per heavy atom. The summed E-state index contributed by atoms with van der Waals surface area (Å²) in [6.45, 7) is 8.96. The van der Waals surface area contributed by atoms with Gasteiger partial charge in [-0.25, -0.2) is 4.98 Å². The monoisotopic (exact) mass is 301 g/mol. The highest BCUT2D eigenvalue weighted by Crippen LogP contribution is 2.36. The highest BCUT2D eigenvalue weighted by molar-refractivity contribution is 7.09. The first-order valence-corrected chi connectivity index (χ1v) is 7.64. The molecule has 0 bridgehead atoms. The number of rotatable bonds is 7. The van der Waals surface area contributed by atoms with Crippen molar-refractivity contribution in [3.63, 3.8) is 0 Å². The Labute approximate surface area is 123 Å². The molecule has 0 aliphatic carbocycles. The molecule has 0 radical (unpaired) electrons. The molecule has 1 aromatic rings. The highest BCUT2D eigenvalue weighted by atomic mass is 32.1. The molecule has 0 fully saturated rings. The lowest BCUT2D eigenvalue weighted by Crippen LogP contribution is -2.33. The fourth-order valence-electron chi connectivity index (χ4n) is 1.97. The molecule has 1 rings (SSSR count). The van der Waals surface area contributed by atoms with E-state index in [1.54, 1.807) is 26.3 Å². The number of hydrogen-bond donors (Lipinski definition) is 1. The Morgan fingerprint density at radius 3 is 2.55 bits per heavy atom. The van der Waals surface area contributed by atoms with Gasteiger partial charge in [0.2, 0.25) is 0 Å². The fraction of sp³-hybridized carbons (Fsp3) is 0.714. The maximum absolute atomic E-state index is 12.1. The minimum atomic E-state index is -1.33. The molecule has 2 unspecified atom stereocenters. The van der Waals surface area contributed by atoms with Gasteiger partial charge in [-0.2, -0.15) is 0 Å². The zero-order chi connectivity index (χ0) is 15.3. The van der Waals surface area contributed by atoms with Gasteiger partial charge in [0, 0.05) is 0 Å². The van der Waals surface area contributed by atoms with Crippen LogP contribution >= 0.6 is 11.3 Å². The van der Waals surface area contributed by atoms with E-state index >= 15 is 0 Å². The van der Waals surface area contributed by atoms with Gasteiger partial charge in [0.05, 0.1) is 28.6 Å². The number of hydrogen-bond acceptors (Lipinski definition) is 6. The summed E-state index contributed by atoms with van der Waals surface area (Å²) in [4.78, 5) is 17.2. The summed E-state index contributed by atoms with van der Waals surface area (Å²) in [5, 5.41) is 9.94. The van der Waals surface area contributed by atoms with Crippen LogP contribution in [0.25, 0.3) is 0 Å². The van der Waals surface area contributed by atoms with Crippen LogP contribution in [-0.4, -0.2) is 28.5 Å². The van der Waals surface area contributed by atoms with E-state index in [2.05, 4.69) is 4.98 Å². The number of carbonyl (C=O) groups excluding carboxylic acids is 1. The largest absolute Gasteiger partial charge is 0.466 e. The van der Waals surface area contributed by atoms with Crippen LogP contribution in [0.4, 0.5) is 0 Å². The molecule has 0 spiro atoms. The van der Waals surface area contributed by atoms with Crippen LogP contribution in [0, 0.1) is 12.8 Å². The molecule has 114 valence electrons. The smallest absolute Gasteiger partial charge is 0.311 e. The van der Waals surface area contributed by atoms with E-state index < -0.39 is 17.8 Å². The summed E-state index contributed by atoms with van der Waals surface area (Å²) in [6, 6.07) is 0. The average molecular weight is 301 g/mol. The number of aliphatic hydroxyl groups is 1. The summed E-state index contributed by atoms with van der Waals surface area (Å²) in [7, 11) is 0. The molecule has 0 amide bonds. The van der Waals surface area contributed by atoms with Crippen LogP contribution < -0.4 is 0 Å². The van der Waals surface area contributed by atoms with E-state index in [0.29, 0.717) is 13.0 Å². The van der Waals surface area contributed by atoms with Crippen LogP contribution in [0.15, 0.2) is 5.51 Å². The molecule has 0 aliphatic heterocycles. The minimum absolute atomic E-state index is 0.308. The summed E-state index contributed by atoms with van der Waals surface area (Å²) < 4.78 is 10.8. The van der Waals surface area contributed by atoms with Crippen LogP contribution in [-0.2, 0) is 14.3 Å². The lowest BCUT2D eigenvalue weighted by molar-refractivity contribution is -0.222. The first-order valence-electron chi connectivity index (χ1n) is 6.77. The predicted molar refractivity (Wildman–Crippen MR) is 77.4 cm³/mol. The second-order valence-corrected chi connectivity index (χ2v) is 5.94. The molecule has 2 atom stereocenters. The third-order valence-electron chi connectivity index (χ3n) is 2.85. The second kappa shape index (κ2) is 7.15. The number of ether oxygens (including phenoxy) is 2. The van der Waals surface area contributed by atoms with Gasteiger partial charge in [0.1, 0.15) is 6.10 Å². The molecule has 0 saturated heterocycles. The zero-order valence-corrected chi connectivity index (χ0v) is 13.5. The summed E-state index contributed by atoms with van der Waals surface area (Å²) >= 11 is 1.42. The Hall–Kier alpha value is -0.980. The van der Waals surface area contributed by atoms with Gasteiger partial charge in [-0.3, -0.25) is 4.79 Å². The van der Waals surface area contributed by atoms with E-state index in [0.717, 1.165) is 10.6 Å². The van der Waals surface area contributed by atoms with E-state index in [1.807, 2.05) is 13.8 Å². The molecule has 1 aromatic heterocycles. The second-order valence-electron chi connectivity index (χ2n) is 5.05. The van der Waals surface area contributed by atoms with Crippen LogP contribution in [0.5, 0.6) is 0 Å². The topological polar surface area (TPSA) is 68.7 Å². The van der Waals surface area contributed by atoms with Gasteiger partial charge < -0.3 is 14.6 Å². The quantitative estimate of drug-likeness (QED) is 0.619. The molecule has 6 heteroatoms. The molecule has 0 aromatic carbocycles. The first kappa shape index (κ1) is 17.1. The van der Waals surface area contributed by atoms with E-state index in [-0.39, 0.29) is 5.97 Å². The summed E-state index contributed by atoms with van der Waals surface area (Å²) in [6.07, 6.45) is 0.0169. The van der Waals surface area contributed by atoms with Gasteiger partial charge in [0.25, 0.3) is 0 Å². The van der Waals surface area contributed by atoms with E-state index in [1.165, 1.54) is 11.3 Å². The maximum Gasteiger partial charge on any atom is 0.311 e. The van der Waals surface area contributed by atoms with E-state index in [9.17, 15) is 9.90 Å². The predicted octanol–water partition coefficient (Wildman–Crippen LogP) is 2.83.